The second kappa shape index (κ2) is 9.31. The minimum absolute atomic E-state index is 0.384. The Hall–Kier alpha value is -0.930. The number of hydrogen-bond donors (Lipinski definition) is 2. The van der Waals surface area contributed by atoms with Crippen LogP contribution in [0.3, 0.4) is 0 Å². The molecule has 0 radical (unpaired) electrons. The monoisotopic (exact) mass is 227 g/mol. The molecular formula is C13H22FNO. The summed E-state index contributed by atoms with van der Waals surface area (Å²) in [6.45, 7) is 5.66. The van der Waals surface area contributed by atoms with Gasteiger partial charge in [-0.15, -0.1) is 0 Å². The maximum Gasteiger partial charge on any atom is 0.108 e. The first-order valence-corrected chi connectivity index (χ1v) is 5.52. The van der Waals surface area contributed by atoms with Gasteiger partial charge in [-0.3, -0.25) is 0 Å². The number of likely N-dealkylation sites (N-methyl/N-ethyl adjacent to an activating group) is 1. The van der Waals surface area contributed by atoms with E-state index in [1.165, 1.54) is 0 Å². The van der Waals surface area contributed by atoms with Crippen LogP contribution in [0.2, 0.25) is 0 Å². The molecule has 0 aromatic rings. The van der Waals surface area contributed by atoms with Crippen molar-refractivity contribution in [1.82, 2.24) is 5.32 Å². The van der Waals surface area contributed by atoms with Crippen LogP contribution in [0.25, 0.3) is 0 Å². The van der Waals surface area contributed by atoms with Crippen molar-refractivity contribution in [2.75, 3.05) is 20.3 Å². The van der Waals surface area contributed by atoms with Crippen LogP contribution >= 0.6 is 0 Å². The van der Waals surface area contributed by atoms with E-state index in [2.05, 4.69) is 11.9 Å². The molecule has 1 atom stereocenters. The van der Waals surface area contributed by atoms with Crippen molar-refractivity contribution in [3.63, 3.8) is 0 Å². The third-order valence-electron chi connectivity index (χ3n) is 2.28. The van der Waals surface area contributed by atoms with E-state index in [1.807, 2.05) is 13.0 Å². The van der Waals surface area contributed by atoms with Crippen LogP contribution in [0.5, 0.6) is 0 Å². The summed E-state index contributed by atoms with van der Waals surface area (Å²) in [5, 5.41) is 12.4. The summed E-state index contributed by atoms with van der Waals surface area (Å²) < 4.78 is 12.3. The first-order chi connectivity index (χ1) is 7.63. The lowest BCUT2D eigenvalue weighted by Crippen LogP contribution is -2.23. The van der Waals surface area contributed by atoms with Crippen molar-refractivity contribution in [3.05, 3.63) is 36.0 Å². The van der Waals surface area contributed by atoms with Gasteiger partial charge in [-0.2, -0.15) is 0 Å². The van der Waals surface area contributed by atoms with E-state index in [1.54, 1.807) is 19.2 Å². The third-order valence-corrected chi connectivity index (χ3v) is 2.28. The second-order valence-corrected chi connectivity index (χ2v) is 3.78. The average Bonchev–Trinajstić information content (AvgIpc) is 2.26. The van der Waals surface area contributed by atoms with Crippen LogP contribution in [0.1, 0.15) is 19.8 Å². The molecule has 0 rings (SSSR count). The highest BCUT2D eigenvalue weighted by atomic mass is 19.1. The molecule has 0 aliphatic rings. The van der Waals surface area contributed by atoms with E-state index in [9.17, 15) is 9.50 Å². The topological polar surface area (TPSA) is 32.3 Å². The number of aliphatic hydroxyl groups is 1. The molecule has 0 saturated heterocycles. The molecule has 0 bridgehead atoms. The van der Waals surface area contributed by atoms with Crippen molar-refractivity contribution in [3.8, 4) is 0 Å². The van der Waals surface area contributed by atoms with Gasteiger partial charge in [0.25, 0.3) is 0 Å². The number of aliphatic hydroxyl groups excluding tert-OH is 1. The van der Waals surface area contributed by atoms with E-state index in [0.29, 0.717) is 19.4 Å². The molecule has 0 aromatic carbocycles. The molecule has 3 heteroatoms. The molecule has 0 aliphatic heterocycles. The highest BCUT2D eigenvalue weighted by Crippen LogP contribution is 2.12. The van der Waals surface area contributed by atoms with Gasteiger partial charge >= 0.3 is 0 Å². The minimum Gasteiger partial charge on any atom is -0.392 e. The van der Waals surface area contributed by atoms with Crippen molar-refractivity contribution < 1.29 is 9.50 Å². The number of hydrogen-bond acceptors (Lipinski definition) is 2. The largest absolute Gasteiger partial charge is 0.392 e. The first-order valence-electron chi connectivity index (χ1n) is 5.52. The Labute approximate surface area is 97.6 Å². The number of allylic oxidation sites excluding steroid dienone is 5. The van der Waals surface area contributed by atoms with Crippen molar-refractivity contribution in [2.24, 2.45) is 0 Å². The van der Waals surface area contributed by atoms with Gasteiger partial charge in [0.15, 0.2) is 0 Å². The Morgan fingerprint density at radius 3 is 2.75 bits per heavy atom. The molecule has 0 amide bonds. The molecular weight excluding hydrogens is 205 g/mol. The smallest absolute Gasteiger partial charge is 0.108 e. The summed E-state index contributed by atoms with van der Waals surface area (Å²) >= 11 is 0. The molecule has 1 unspecified atom stereocenters. The fraction of sp³-hybridized carbons (Fsp3) is 0.538. The molecule has 92 valence electrons. The fourth-order valence-electron chi connectivity index (χ4n) is 1.35. The average molecular weight is 227 g/mol. The van der Waals surface area contributed by atoms with Gasteiger partial charge in [-0.25, -0.2) is 4.39 Å². The molecule has 0 heterocycles. The Balaban J connectivity index is 4.25. The standard InChI is InChI=1S/C13H22FNO/c1-4-11(2)9-12(7-8-14)5-6-13(16)10-15-3/h4,7,9,13,15-16H,1,5-6,8,10H2,2-3H3/b11-9-,12-7-. The highest BCUT2D eigenvalue weighted by molar-refractivity contribution is 5.27. The number of rotatable bonds is 8. The Kier molecular flexibility index (Phi) is 8.77. The second-order valence-electron chi connectivity index (χ2n) is 3.78. The lowest BCUT2D eigenvalue weighted by atomic mass is 10.0. The quantitative estimate of drug-likeness (QED) is 0.624. The number of halogens is 1. The van der Waals surface area contributed by atoms with Gasteiger partial charge in [-0.05, 0) is 32.4 Å². The minimum atomic E-state index is -0.474. The summed E-state index contributed by atoms with van der Waals surface area (Å²) in [6.07, 6.45) is 6.10. The van der Waals surface area contributed by atoms with Gasteiger partial charge in [0.1, 0.15) is 6.67 Å². The molecule has 0 spiro atoms. The molecule has 0 fully saturated rings. The Morgan fingerprint density at radius 2 is 2.25 bits per heavy atom. The predicted molar refractivity (Wildman–Crippen MR) is 67.2 cm³/mol. The first kappa shape index (κ1) is 15.1. The predicted octanol–water partition coefficient (Wildman–Crippen LogP) is 2.38. The summed E-state index contributed by atoms with van der Waals surface area (Å²) in [4.78, 5) is 0. The van der Waals surface area contributed by atoms with Crippen molar-refractivity contribution >= 4 is 0 Å². The maximum atomic E-state index is 12.3. The van der Waals surface area contributed by atoms with Crippen LogP contribution in [-0.4, -0.2) is 31.5 Å². The van der Waals surface area contributed by atoms with E-state index >= 15 is 0 Å². The SMILES string of the molecule is C=C/C(C)=C\C(=C/CF)CCC(O)CNC. The van der Waals surface area contributed by atoms with Gasteiger partial charge in [0.2, 0.25) is 0 Å². The van der Waals surface area contributed by atoms with Crippen LogP contribution < -0.4 is 5.32 Å². The van der Waals surface area contributed by atoms with Gasteiger partial charge < -0.3 is 10.4 Å². The maximum absolute atomic E-state index is 12.3. The van der Waals surface area contributed by atoms with Crippen LogP contribution in [0.15, 0.2) is 36.0 Å². The summed E-state index contributed by atoms with van der Waals surface area (Å²) in [7, 11) is 1.79. The molecule has 0 aliphatic carbocycles. The number of alkyl halides is 1. The summed E-state index contributed by atoms with van der Waals surface area (Å²) in [6, 6.07) is 0. The highest BCUT2D eigenvalue weighted by Gasteiger charge is 2.03. The van der Waals surface area contributed by atoms with Crippen LogP contribution in [0, 0.1) is 0 Å². The zero-order chi connectivity index (χ0) is 12.4. The summed E-state index contributed by atoms with van der Waals surface area (Å²) in [5.74, 6) is 0. The molecule has 2 N–H and O–H groups in total. The Bertz CT molecular complexity index is 259. The Morgan fingerprint density at radius 1 is 1.56 bits per heavy atom. The van der Waals surface area contributed by atoms with E-state index in [4.69, 9.17) is 0 Å². The normalized spacial score (nSPS) is 15.0. The summed E-state index contributed by atoms with van der Waals surface area (Å²) in [5.41, 5.74) is 1.91. The third kappa shape index (κ3) is 7.37. The number of nitrogens with one attached hydrogen (secondary N) is 1. The van der Waals surface area contributed by atoms with Gasteiger partial charge in [0.05, 0.1) is 6.10 Å². The molecule has 16 heavy (non-hydrogen) atoms. The van der Waals surface area contributed by atoms with Gasteiger partial charge in [-0.1, -0.05) is 30.4 Å². The van der Waals surface area contributed by atoms with E-state index < -0.39 is 6.67 Å². The lowest BCUT2D eigenvalue weighted by Gasteiger charge is -2.10. The van der Waals surface area contributed by atoms with Crippen LogP contribution in [-0.2, 0) is 0 Å². The van der Waals surface area contributed by atoms with Gasteiger partial charge in [0, 0.05) is 6.54 Å². The van der Waals surface area contributed by atoms with E-state index in [0.717, 1.165) is 11.1 Å². The lowest BCUT2D eigenvalue weighted by molar-refractivity contribution is 0.165. The van der Waals surface area contributed by atoms with E-state index in [-0.39, 0.29) is 6.10 Å². The zero-order valence-corrected chi connectivity index (χ0v) is 10.2. The molecule has 0 aromatic heterocycles. The van der Waals surface area contributed by atoms with Crippen molar-refractivity contribution in [2.45, 2.75) is 25.9 Å². The molecule has 2 nitrogen and oxygen atoms in total. The fourth-order valence-corrected chi connectivity index (χ4v) is 1.35. The van der Waals surface area contributed by atoms with Crippen molar-refractivity contribution in [1.29, 1.82) is 0 Å². The molecule has 0 saturated carbocycles. The van der Waals surface area contributed by atoms with Crippen LogP contribution in [0.4, 0.5) is 4.39 Å². The zero-order valence-electron chi connectivity index (χ0n) is 10.2.